The molecule has 0 radical (unpaired) electrons. The number of hydrogen-bond donors (Lipinski definition) is 0. The van der Waals surface area contributed by atoms with Gasteiger partial charge < -0.3 is 18.9 Å². The first-order valence-electron chi connectivity index (χ1n) is 13.3. The van der Waals surface area contributed by atoms with Crippen LogP contribution in [-0.4, -0.2) is 51.6 Å². The van der Waals surface area contributed by atoms with Gasteiger partial charge in [0.15, 0.2) is 17.2 Å². The fourth-order valence-electron chi connectivity index (χ4n) is 5.01. The van der Waals surface area contributed by atoms with Crippen molar-refractivity contribution in [1.29, 1.82) is 0 Å². The summed E-state index contributed by atoms with van der Waals surface area (Å²) in [7, 11) is 1.39. The Balaban J connectivity index is 1.30. The molecule has 0 bridgehead atoms. The van der Waals surface area contributed by atoms with Gasteiger partial charge >= 0.3 is 5.97 Å². The molecule has 0 unspecified atom stereocenters. The van der Waals surface area contributed by atoms with E-state index in [0.29, 0.717) is 24.3 Å². The lowest BCUT2D eigenvalue weighted by Crippen LogP contribution is -2.43. The first-order valence-corrected chi connectivity index (χ1v) is 13.3. The van der Waals surface area contributed by atoms with Gasteiger partial charge in [0.05, 0.1) is 26.2 Å². The number of aromatic nitrogens is 3. The number of carbonyl (C=O) groups excluding carboxylic acids is 2. The van der Waals surface area contributed by atoms with Crippen LogP contribution in [0.1, 0.15) is 53.1 Å². The van der Waals surface area contributed by atoms with Crippen LogP contribution in [0, 0.1) is 5.82 Å². The number of ether oxygens (including phenoxy) is 2. The first-order chi connectivity index (χ1) is 19.5. The third-order valence-electron chi connectivity index (χ3n) is 6.98. The van der Waals surface area contributed by atoms with Crippen LogP contribution in [0.3, 0.4) is 0 Å². The third kappa shape index (κ3) is 5.88. The number of hydrogen-bond acceptors (Lipinski definition) is 6. The highest BCUT2D eigenvalue weighted by Gasteiger charge is 2.33. The molecule has 4 aromatic rings. The molecule has 1 atom stereocenters. The van der Waals surface area contributed by atoms with E-state index in [1.54, 1.807) is 24.1 Å². The first kappa shape index (κ1) is 27.1. The Bertz CT molecular complexity index is 1560. The molecule has 9 heteroatoms. The van der Waals surface area contributed by atoms with Crippen molar-refractivity contribution in [1.82, 2.24) is 19.4 Å². The lowest BCUT2D eigenvalue weighted by Gasteiger charge is -2.35. The molecule has 0 saturated heterocycles. The molecule has 0 aliphatic carbocycles. The number of allylic oxidation sites excluding steroid dienone is 1. The van der Waals surface area contributed by atoms with E-state index in [1.807, 2.05) is 47.2 Å². The highest BCUT2D eigenvalue weighted by atomic mass is 19.1. The molecule has 3 aromatic heterocycles. The number of pyridine rings is 2. The molecule has 1 aliphatic heterocycles. The summed E-state index contributed by atoms with van der Waals surface area (Å²) >= 11 is 0. The van der Waals surface area contributed by atoms with Crippen molar-refractivity contribution in [3.05, 3.63) is 95.3 Å². The third-order valence-corrected chi connectivity index (χ3v) is 6.98. The van der Waals surface area contributed by atoms with Gasteiger partial charge in [0.25, 0.3) is 5.91 Å². The molecule has 0 spiro atoms. The van der Waals surface area contributed by atoms with E-state index in [0.717, 1.165) is 35.1 Å². The van der Waals surface area contributed by atoms with E-state index in [9.17, 15) is 14.0 Å². The molecule has 4 heterocycles. The van der Waals surface area contributed by atoms with Crippen LogP contribution in [0.5, 0.6) is 5.75 Å². The summed E-state index contributed by atoms with van der Waals surface area (Å²) in [4.78, 5) is 36.6. The molecule has 1 aromatic carbocycles. The van der Waals surface area contributed by atoms with Crippen molar-refractivity contribution in [3.8, 4) is 5.75 Å². The van der Waals surface area contributed by atoms with E-state index in [2.05, 4.69) is 16.0 Å². The highest BCUT2D eigenvalue weighted by molar-refractivity contribution is 5.95. The Morgan fingerprint density at radius 2 is 2.05 bits per heavy atom. The SMILES string of the molecule is CCOC(=O)C[C@@H](c1ccc(OC)c(F)c1)N1CCn2cc(/C=C/CCc3ccc4cccnc4n3)cc2C1=O. The molecule has 1 aliphatic rings. The van der Waals surface area contributed by atoms with E-state index < -0.39 is 17.8 Å². The summed E-state index contributed by atoms with van der Waals surface area (Å²) in [5, 5.41) is 1.02. The predicted molar refractivity (Wildman–Crippen MR) is 149 cm³/mol. The van der Waals surface area contributed by atoms with Crippen molar-refractivity contribution in [2.45, 2.75) is 38.8 Å². The summed E-state index contributed by atoms with van der Waals surface area (Å²) in [6.07, 6.45) is 9.25. The van der Waals surface area contributed by atoms with Crippen LogP contribution < -0.4 is 4.74 Å². The average molecular weight is 543 g/mol. The fourth-order valence-corrected chi connectivity index (χ4v) is 5.01. The second-order valence-corrected chi connectivity index (χ2v) is 9.56. The zero-order valence-corrected chi connectivity index (χ0v) is 22.5. The van der Waals surface area contributed by atoms with Gasteiger partial charge in [0.2, 0.25) is 0 Å². The minimum Gasteiger partial charge on any atom is -0.494 e. The summed E-state index contributed by atoms with van der Waals surface area (Å²) in [5.74, 6) is -1.12. The van der Waals surface area contributed by atoms with Gasteiger partial charge in [0, 0.05) is 36.6 Å². The number of rotatable bonds is 10. The number of nitrogens with zero attached hydrogens (tertiary/aromatic N) is 4. The molecular formula is C31H31FN4O4. The second kappa shape index (κ2) is 12.1. The molecule has 1 amide bonds. The van der Waals surface area contributed by atoms with Gasteiger partial charge in [0.1, 0.15) is 5.69 Å². The number of esters is 1. The number of methoxy groups -OCH3 is 1. The summed E-state index contributed by atoms with van der Waals surface area (Å²) in [5.41, 5.74) is 3.66. The minimum atomic E-state index is -0.668. The maximum Gasteiger partial charge on any atom is 0.308 e. The summed E-state index contributed by atoms with van der Waals surface area (Å²) in [6.45, 7) is 2.89. The number of benzene rings is 1. The quantitative estimate of drug-likeness (QED) is 0.250. The molecule has 0 fully saturated rings. The van der Waals surface area contributed by atoms with Gasteiger partial charge in [-0.15, -0.1) is 0 Å². The Kier molecular flexibility index (Phi) is 8.19. The average Bonchev–Trinajstić information content (AvgIpc) is 3.38. The van der Waals surface area contributed by atoms with Crippen LogP contribution in [-0.2, 0) is 22.5 Å². The van der Waals surface area contributed by atoms with Crippen LogP contribution in [0.25, 0.3) is 17.1 Å². The zero-order valence-electron chi connectivity index (χ0n) is 22.5. The minimum absolute atomic E-state index is 0.0723. The van der Waals surface area contributed by atoms with Crippen LogP contribution in [0.2, 0.25) is 0 Å². The zero-order chi connectivity index (χ0) is 28.1. The summed E-state index contributed by atoms with van der Waals surface area (Å²) < 4.78 is 26.7. The number of amides is 1. The molecule has 40 heavy (non-hydrogen) atoms. The molecule has 5 rings (SSSR count). The van der Waals surface area contributed by atoms with Crippen molar-refractivity contribution < 1.29 is 23.5 Å². The van der Waals surface area contributed by atoms with Gasteiger partial charge in [-0.25, -0.2) is 14.4 Å². The summed E-state index contributed by atoms with van der Waals surface area (Å²) in [6, 6.07) is 13.6. The fraction of sp³-hybridized carbons (Fsp3) is 0.290. The van der Waals surface area contributed by atoms with Crippen LogP contribution in [0.15, 0.2) is 67.0 Å². The van der Waals surface area contributed by atoms with Crippen molar-refractivity contribution in [2.24, 2.45) is 0 Å². The molecule has 8 nitrogen and oxygen atoms in total. The predicted octanol–water partition coefficient (Wildman–Crippen LogP) is 5.38. The van der Waals surface area contributed by atoms with Crippen LogP contribution in [0.4, 0.5) is 4.39 Å². The number of fused-ring (bicyclic) bond motifs is 2. The van der Waals surface area contributed by atoms with E-state index in [-0.39, 0.29) is 24.7 Å². The maximum absolute atomic E-state index is 14.6. The molecular weight excluding hydrogens is 511 g/mol. The van der Waals surface area contributed by atoms with E-state index >= 15 is 0 Å². The molecule has 0 N–H and O–H groups in total. The Morgan fingerprint density at radius 3 is 2.85 bits per heavy atom. The second-order valence-electron chi connectivity index (χ2n) is 9.56. The van der Waals surface area contributed by atoms with E-state index in [1.165, 1.54) is 19.2 Å². The van der Waals surface area contributed by atoms with Gasteiger partial charge in [-0.3, -0.25) is 9.59 Å². The Hall–Kier alpha value is -4.53. The van der Waals surface area contributed by atoms with E-state index in [4.69, 9.17) is 9.47 Å². The number of carbonyl (C=O) groups is 2. The highest BCUT2D eigenvalue weighted by Crippen LogP contribution is 2.32. The maximum atomic E-state index is 14.6. The molecule has 206 valence electrons. The van der Waals surface area contributed by atoms with Crippen LogP contribution >= 0.6 is 0 Å². The normalized spacial score (nSPS) is 14.0. The lowest BCUT2D eigenvalue weighted by atomic mass is 10.00. The largest absolute Gasteiger partial charge is 0.494 e. The van der Waals surface area contributed by atoms with Gasteiger partial charge in [-0.1, -0.05) is 18.2 Å². The van der Waals surface area contributed by atoms with Gasteiger partial charge in [-0.05, 0) is 73.4 Å². The Labute approximate surface area is 232 Å². The Morgan fingerprint density at radius 1 is 1.18 bits per heavy atom. The van der Waals surface area contributed by atoms with Crippen molar-refractivity contribution in [3.63, 3.8) is 0 Å². The van der Waals surface area contributed by atoms with Crippen molar-refractivity contribution in [2.75, 3.05) is 20.3 Å². The molecule has 0 saturated carbocycles. The smallest absolute Gasteiger partial charge is 0.308 e. The van der Waals surface area contributed by atoms with Gasteiger partial charge in [-0.2, -0.15) is 0 Å². The van der Waals surface area contributed by atoms with Crippen molar-refractivity contribution >= 4 is 29.0 Å². The number of halogens is 1. The lowest BCUT2D eigenvalue weighted by molar-refractivity contribution is -0.144. The topological polar surface area (TPSA) is 86.6 Å². The standard InChI is InChI=1S/C31H31FN4O4/c1-3-40-29(37)19-26(23-11-13-28(39-2)25(32)18-23)36-16-15-35-20-21(17-27(35)31(36)38)7-4-5-9-24-12-10-22-8-6-14-33-30(22)34-24/h4,6-8,10-14,17-18,20,26H,3,5,9,15-16,19H2,1-2H3/b7-4+/t26-/m0/s1. The monoisotopic (exact) mass is 542 g/mol. The number of aryl methyl sites for hydroxylation is 1.